The molecule has 0 saturated carbocycles. The number of rotatable bonds is 5. The molecule has 0 spiro atoms. The molecule has 0 amide bonds. The van der Waals surface area contributed by atoms with E-state index in [9.17, 15) is 5.11 Å². The summed E-state index contributed by atoms with van der Waals surface area (Å²) in [5.74, 6) is 1.26. The number of nitrogens with one attached hydrogen (secondary N) is 1. The smallest absolute Gasteiger partial charge is 0.161 e. The molecule has 3 rings (SSSR count). The number of ether oxygens (including phenoxy) is 1. The van der Waals surface area contributed by atoms with Gasteiger partial charge in [-0.05, 0) is 30.7 Å². The van der Waals surface area contributed by atoms with Gasteiger partial charge in [-0.1, -0.05) is 30.3 Å². The van der Waals surface area contributed by atoms with E-state index in [-0.39, 0.29) is 11.8 Å². The maximum absolute atomic E-state index is 9.71. The third kappa shape index (κ3) is 3.46. The second kappa shape index (κ2) is 7.00. The van der Waals surface area contributed by atoms with E-state index < -0.39 is 0 Å². The highest BCUT2D eigenvalue weighted by Crippen LogP contribution is 2.31. The van der Waals surface area contributed by atoms with Crippen LogP contribution >= 0.6 is 0 Å². The van der Waals surface area contributed by atoms with Crippen LogP contribution in [0.4, 0.5) is 5.82 Å². The molecular weight excluding hydrogens is 302 g/mol. The molecule has 122 valence electrons. The normalized spacial score (nSPS) is 11.8. The highest BCUT2D eigenvalue weighted by molar-refractivity contribution is 5.66. The lowest BCUT2D eigenvalue weighted by atomic mass is 10.1. The maximum atomic E-state index is 9.71. The van der Waals surface area contributed by atoms with Crippen molar-refractivity contribution in [3.8, 4) is 22.8 Å². The number of hydrogen-bond donors (Lipinski definition) is 2. The molecule has 0 aliphatic heterocycles. The van der Waals surface area contributed by atoms with Gasteiger partial charge in [0.25, 0.3) is 0 Å². The summed E-state index contributed by atoms with van der Waals surface area (Å²) in [6.45, 7) is 2.08. The molecular formula is C19H19N3O2. The molecule has 1 aromatic heterocycles. The third-order valence-electron chi connectivity index (χ3n) is 3.81. The minimum atomic E-state index is 0.103. The first kappa shape index (κ1) is 15.8. The van der Waals surface area contributed by atoms with Crippen LogP contribution in [0, 0.1) is 0 Å². The number of benzene rings is 2. The summed E-state index contributed by atoms with van der Waals surface area (Å²) in [7, 11) is 1.52. The number of hydrogen-bond acceptors (Lipinski definition) is 5. The highest BCUT2D eigenvalue weighted by Gasteiger charge is 2.09. The summed E-state index contributed by atoms with van der Waals surface area (Å²) in [6.07, 6.45) is 1.52. The van der Waals surface area contributed by atoms with Crippen molar-refractivity contribution in [1.82, 2.24) is 9.97 Å². The molecule has 5 heteroatoms. The Bertz CT molecular complexity index is 822. The zero-order valence-corrected chi connectivity index (χ0v) is 13.6. The zero-order chi connectivity index (χ0) is 16.9. The molecule has 0 fully saturated rings. The van der Waals surface area contributed by atoms with Crippen LogP contribution in [0.2, 0.25) is 0 Å². The van der Waals surface area contributed by atoms with E-state index in [0.717, 1.165) is 17.1 Å². The molecule has 24 heavy (non-hydrogen) atoms. The Hall–Kier alpha value is -3.08. The molecule has 5 nitrogen and oxygen atoms in total. The van der Waals surface area contributed by atoms with Gasteiger partial charge in [-0.2, -0.15) is 0 Å². The molecule has 0 aliphatic carbocycles. The Morgan fingerprint density at radius 2 is 1.83 bits per heavy atom. The Labute approximate surface area is 141 Å². The van der Waals surface area contributed by atoms with Crippen LogP contribution < -0.4 is 10.1 Å². The van der Waals surface area contributed by atoms with E-state index in [1.165, 1.54) is 19.0 Å². The second-order valence-electron chi connectivity index (χ2n) is 5.45. The van der Waals surface area contributed by atoms with E-state index >= 15 is 0 Å². The molecule has 0 aliphatic rings. The van der Waals surface area contributed by atoms with Crippen molar-refractivity contribution in [2.75, 3.05) is 12.4 Å². The topological polar surface area (TPSA) is 67.3 Å². The van der Waals surface area contributed by atoms with Crippen molar-refractivity contribution < 1.29 is 9.84 Å². The van der Waals surface area contributed by atoms with Crippen molar-refractivity contribution in [1.29, 1.82) is 0 Å². The molecule has 0 saturated heterocycles. The van der Waals surface area contributed by atoms with Gasteiger partial charge in [0.05, 0.1) is 12.8 Å². The van der Waals surface area contributed by atoms with E-state index in [1.54, 1.807) is 18.2 Å². The van der Waals surface area contributed by atoms with Crippen LogP contribution in [-0.2, 0) is 0 Å². The monoisotopic (exact) mass is 321 g/mol. The molecule has 2 N–H and O–H groups in total. The van der Waals surface area contributed by atoms with Gasteiger partial charge >= 0.3 is 0 Å². The minimum Gasteiger partial charge on any atom is -0.504 e. The van der Waals surface area contributed by atoms with E-state index in [4.69, 9.17) is 4.74 Å². The van der Waals surface area contributed by atoms with Crippen LogP contribution in [-0.4, -0.2) is 22.2 Å². The summed E-state index contributed by atoms with van der Waals surface area (Å²) in [5.41, 5.74) is 2.79. The Morgan fingerprint density at radius 3 is 2.58 bits per heavy atom. The van der Waals surface area contributed by atoms with E-state index in [1.807, 2.05) is 24.3 Å². The lowest BCUT2D eigenvalue weighted by Crippen LogP contribution is -2.08. The molecule has 0 bridgehead atoms. The predicted octanol–water partition coefficient (Wildman–Crippen LogP) is 4.03. The van der Waals surface area contributed by atoms with E-state index in [0.29, 0.717) is 5.75 Å². The van der Waals surface area contributed by atoms with Crippen LogP contribution in [0.1, 0.15) is 18.5 Å². The number of methoxy groups -OCH3 is 1. The first-order chi connectivity index (χ1) is 11.7. The van der Waals surface area contributed by atoms with Crippen molar-refractivity contribution >= 4 is 5.82 Å². The summed E-state index contributed by atoms with van der Waals surface area (Å²) < 4.78 is 5.15. The SMILES string of the molecule is COc1cc(-c2cc(N[C@@H](C)c3ccccc3)ncn2)ccc1O. The first-order valence-corrected chi connectivity index (χ1v) is 7.68. The number of aromatic nitrogens is 2. The maximum Gasteiger partial charge on any atom is 0.161 e. The number of phenols is 1. The standard InChI is InChI=1S/C19H19N3O2/c1-13(14-6-4-3-5-7-14)22-19-11-16(20-12-21-19)15-8-9-17(23)18(10-15)24-2/h3-13,23H,1-2H3,(H,20,21,22)/t13-/m0/s1. The zero-order valence-electron chi connectivity index (χ0n) is 13.6. The Balaban J connectivity index is 1.84. The van der Waals surface area contributed by atoms with Gasteiger partial charge in [-0.15, -0.1) is 0 Å². The van der Waals surface area contributed by atoms with Gasteiger partial charge in [0.15, 0.2) is 11.5 Å². The van der Waals surface area contributed by atoms with Gasteiger partial charge in [0.1, 0.15) is 12.1 Å². The quantitative estimate of drug-likeness (QED) is 0.742. The van der Waals surface area contributed by atoms with Crippen LogP contribution in [0.25, 0.3) is 11.3 Å². The van der Waals surface area contributed by atoms with Crippen LogP contribution in [0.15, 0.2) is 60.9 Å². The average Bonchev–Trinajstić information content (AvgIpc) is 2.63. The van der Waals surface area contributed by atoms with Crippen molar-refractivity contribution in [3.05, 3.63) is 66.5 Å². The number of phenolic OH excluding ortho intramolecular Hbond substituents is 1. The fourth-order valence-corrected chi connectivity index (χ4v) is 2.48. The summed E-state index contributed by atoms with van der Waals surface area (Å²) in [5, 5.41) is 13.1. The highest BCUT2D eigenvalue weighted by atomic mass is 16.5. The minimum absolute atomic E-state index is 0.103. The van der Waals surface area contributed by atoms with Crippen LogP contribution in [0.3, 0.4) is 0 Å². The fraction of sp³-hybridized carbons (Fsp3) is 0.158. The summed E-state index contributed by atoms with van der Waals surface area (Å²) in [6, 6.07) is 17.3. The van der Waals surface area contributed by atoms with E-state index in [2.05, 4.69) is 34.3 Å². The summed E-state index contributed by atoms with van der Waals surface area (Å²) in [4.78, 5) is 8.59. The van der Waals surface area contributed by atoms with Gasteiger partial charge in [-0.3, -0.25) is 0 Å². The predicted molar refractivity (Wildman–Crippen MR) is 94.2 cm³/mol. The van der Waals surface area contributed by atoms with Crippen LogP contribution in [0.5, 0.6) is 11.5 Å². The summed E-state index contributed by atoms with van der Waals surface area (Å²) >= 11 is 0. The molecule has 1 heterocycles. The Morgan fingerprint density at radius 1 is 1.04 bits per heavy atom. The van der Waals surface area contributed by atoms with Crippen molar-refractivity contribution in [2.45, 2.75) is 13.0 Å². The second-order valence-corrected chi connectivity index (χ2v) is 5.45. The molecule has 3 aromatic rings. The lowest BCUT2D eigenvalue weighted by molar-refractivity contribution is 0.373. The number of aromatic hydroxyl groups is 1. The lowest BCUT2D eigenvalue weighted by Gasteiger charge is -2.15. The van der Waals surface area contributed by atoms with Crippen molar-refractivity contribution in [2.24, 2.45) is 0 Å². The fourth-order valence-electron chi connectivity index (χ4n) is 2.48. The third-order valence-corrected chi connectivity index (χ3v) is 3.81. The largest absolute Gasteiger partial charge is 0.504 e. The van der Waals surface area contributed by atoms with Crippen molar-refractivity contribution in [3.63, 3.8) is 0 Å². The van der Waals surface area contributed by atoms with Gasteiger partial charge in [0, 0.05) is 17.7 Å². The molecule has 1 atom stereocenters. The van der Waals surface area contributed by atoms with Gasteiger partial charge < -0.3 is 15.2 Å². The van der Waals surface area contributed by atoms with Gasteiger partial charge in [-0.25, -0.2) is 9.97 Å². The van der Waals surface area contributed by atoms with Gasteiger partial charge in [0.2, 0.25) is 0 Å². The molecule has 2 aromatic carbocycles. The Kier molecular flexibility index (Phi) is 4.61. The number of nitrogens with zero attached hydrogens (tertiary/aromatic N) is 2. The number of anilines is 1. The molecule has 0 unspecified atom stereocenters. The first-order valence-electron chi connectivity index (χ1n) is 7.68. The average molecular weight is 321 g/mol. The molecule has 0 radical (unpaired) electrons.